The summed E-state index contributed by atoms with van der Waals surface area (Å²) in [7, 11) is 1.22. The summed E-state index contributed by atoms with van der Waals surface area (Å²) in [5.41, 5.74) is -0.408. The minimum absolute atomic E-state index is 0.102. The van der Waals surface area contributed by atoms with Crippen molar-refractivity contribution in [1.29, 1.82) is 0 Å². The van der Waals surface area contributed by atoms with Gasteiger partial charge in [0.2, 0.25) is 0 Å². The minimum Gasteiger partial charge on any atom is -0.472 e. The van der Waals surface area contributed by atoms with Gasteiger partial charge in [0.05, 0.1) is 25.7 Å². The van der Waals surface area contributed by atoms with Crippen molar-refractivity contribution in [2.75, 3.05) is 7.11 Å². The van der Waals surface area contributed by atoms with Crippen LogP contribution in [0.25, 0.3) is 0 Å². The molecule has 1 aromatic heterocycles. The number of ether oxygens (including phenoxy) is 5. The maximum Gasteiger partial charge on any atom is 0.335 e. The zero-order chi connectivity index (χ0) is 34.8. The maximum atomic E-state index is 13.6. The molecule has 5 aliphatic rings. The first-order valence-electron chi connectivity index (χ1n) is 16.9. The summed E-state index contributed by atoms with van der Waals surface area (Å²) < 4.78 is 36.0. The first-order chi connectivity index (χ1) is 22.7. The summed E-state index contributed by atoms with van der Waals surface area (Å²) in [6, 6.07) is 1.77. The zero-order valence-electron chi connectivity index (χ0n) is 28.7. The molecule has 0 spiro atoms. The lowest BCUT2D eigenvalue weighted by Gasteiger charge is -2.55. The van der Waals surface area contributed by atoms with Crippen LogP contribution in [0.1, 0.15) is 91.7 Å². The molecule has 3 aliphatic heterocycles. The van der Waals surface area contributed by atoms with Gasteiger partial charge in [-0.2, -0.15) is 0 Å². The predicted octanol–water partition coefficient (Wildman–Crippen LogP) is 5.43. The second-order valence-corrected chi connectivity index (χ2v) is 14.7. The minimum atomic E-state index is -1.94. The molecule has 11 heteroatoms. The van der Waals surface area contributed by atoms with E-state index in [9.17, 15) is 24.3 Å². The number of carbonyl (C=O) groups is 4. The molecule has 0 radical (unpaired) electrons. The Hall–Kier alpha value is -3.70. The van der Waals surface area contributed by atoms with Crippen LogP contribution in [0.2, 0.25) is 0 Å². The molecule has 48 heavy (non-hydrogen) atoms. The van der Waals surface area contributed by atoms with Crippen LogP contribution in [0.15, 0.2) is 58.0 Å². The molecule has 6 rings (SSSR count). The number of rotatable bonds is 9. The highest BCUT2D eigenvalue weighted by Gasteiger charge is 2.78. The smallest absolute Gasteiger partial charge is 0.335 e. The Morgan fingerprint density at radius 3 is 2.60 bits per heavy atom. The molecule has 10 atom stereocenters. The van der Waals surface area contributed by atoms with E-state index in [0.29, 0.717) is 48.0 Å². The van der Waals surface area contributed by atoms with Gasteiger partial charge in [0.1, 0.15) is 6.10 Å². The molecule has 1 aromatic rings. The number of hydrogen-bond acceptors (Lipinski definition) is 11. The van der Waals surface area contributed by atoms with Crippen molar-refractivity contribution >= 4 is 23.9 Å². The van der Waals surface area contributed by atoms with Gasteiger partial charge in [-0.1, -0.05) is 40.2 Å². The molecule has 1 saturated heterocycles. The summed E-state index contributed by atoms with van der Waals surface area (Å²) >= 11 is 0. The van der Waals surface area contributed by atoms with E-state index in [0.717, 1.165) is 6.42 Å². The molecule has 2 saturated carbocycles. The number of esters is 4. The predicted molar refractivity (Wildman–Crippen MR) is 169 cm³/mol. The molecule has 0 amide bonds. The van der Waals surface area contributed by atoms with Crippen molar-refractivity contribution in [2.45, 2.75) is 110 Å². The van der Waals surface area contributed by atoms with E-state index in [4.69, 9.17) is 28.1 Å². The fourth-order valence-electron chi connectivity index (χ4n) is 9.61. The number of carbonyl (C=O) groups excluding carboxylic acids is 4. The highest BCUT2D eigenvalue weighted by atomic mass is 16.7. The molecule has 2 aliphatic carbocycles. The standard InChI is InChI=1S/C37H46O11/c1-8-10-11-26(38)48-37-17-22-23(12-14-34(4)24(22)16-27(39)45-30(34)21-13-15-44-19-21)36(6)25(47-37)18-35(5,29(36)28(40)32(42)43-7)33(37)46-31(41)20(3)9-2/h9,13,15-17,19,23,25,28-30,33,40H,8,10-12,14,18H2,1-7H3/b20-9+/t23-,25-,28+,29+,30-,33-,34+,35+,36-,37+/m0/s1. The van der Waals surface area contributed by atoms with Gasteiger partial charge >= 0.3 is 23.9 Å². The largest absolute Gasteiger partial charge is 0.472 e. The van der Waals surface area contributed by atoms with Gasteiger partial charge < -0.3 is 33.2 Å². The summed E-state index contributed by atoms with van der Waals surface area (Å²) in [5, 5.41) is 11.9. The van der Waals surface area contributed by atoms with Crippen LogP contribution in [0.5, 0.6) is 0 Å². The second kappa shape index (κ2) is 12.0. The first-order valence-corrected chi connectivity index (χ1v) is 16.9. The number of aliphatic hydroxyl groups is 1. The number of hydrogen-bond donors (Lipinski definition) is 1. The van der Waals surface area contributed by atoms with Crippen molar-refractivity contribution < 1.29 is 52.4 Å². The van der Waals surface area contributed by atoms with E-state index in [2.05, 4.69) is 0 Å². The molecule has 3 fully saturated rings. The monoisotopic (exact) mass is 666 g/mol. The van der Waals surface area contributed by atoms with E-state index in [1.54, 1.807) is 38.3 Å². The van der Waals surface area contributed by atoms with Crippen molar-refractivity contribution in [3.05, 3.63) is 59.1 Å². The van der Waals surface area contributed by atoms with Gasteiger partial charge in [0.25, 0.3) is 5.79 Å². The number of furan rings is 1. The van der Waals surface area contributed by atoms with Crippen LogP contribution in [0.4, 0.5) is 0 Å². The molecular weight excluding hydrogens is 620 g/mol. The molecule has 11 nitrogen and oxygen atoms in total. The van der Waals surface area contributed by atoms with E-state index >= 15 is 0 Å². The van der Waals surface area contributed by atoms with Crippen LogP contribution in [-0.4, -0.2) is 60.2 Å². The van der Waals surface area contributed by atoms with Crippen molar-refractivity contribution in [2.24, 2.45) is 28.1 Å². The Kier molecular flexibility index (Phi) is 8.55. The Balaban J connectivity index is 1.62. The SMILES string of the molecule is C/C=C(\C)C(=O)O[C@@H]1[C@]2(OC(=O)CCCC)C=C3C4=CC(=O)O[C@@H](c5ccoc5)[C@]4(C)CC[C@@H]3[C@@]3(C)[C@H](C[C@]1(C)[C@H]3[C@@H](O)C(=O)OC)O2. The van der Waals surface area contributed by atoms with Crippen molar-refractivity contribution in [1.82, 2.24) is 0 Å². The van der Waals surface area contributed by atoms with Crippen molar-refractivity contribution in [3.8, 4) is 0 Å². The Bertz CT molecular complexity index is 1590. The zero-order valence-corrected chi connectivity index (χ0v) is 28.7. The van der Waals surface area contributed by atoms with E-state index in [-0.39, 0.29) is 12.3 Å². The average Bonchev–Trinajstić information content (AvgIpc) is 3.63. The second-order valence-electron chi connectivity index (χ2n) is 14.7. The van der Waals surface area contributed by atoms with E-state index < -0.39 is 76.2 Å². The van der Waals surface area contributed by atoms with Crippen LogP contribution >= 0.6 is 0 Å². The fraction of sp³-hybridized carbons (Fsp3) is 0.622. The number of allylic oxidation sites excluding steroid dienone is 2. The van der Waals surface area contributed by atoms with Gasteiger partial charge in [0.15, 0.2) is 12.2 Å². The number of cyclic esters (lactones) is 1. The number of methoxy groups -OCH3 is 1. The summed E-state index contributed by atoms with van der Waals surface area (Å²) in [4.78, 5) is 53.8. The van der Waals surface area contributed by atoms with Crippen molar-refractivity contribution in [3.63, 3.8) is 0 Å². The molecule has 0 aromatic carbocycles. The number of aliphatic hydroxyl groups excluding tert-OH is 1. The third-order valence-electron chi connectivity index (χ3n) is 12.0. The van der Waals surface area contributed by atoms with Crippen LogP contribution < -0.4 is 0 Å². The van der Waals surface area contributed by atoms with Gasteiger partial charge in [-0.3, -0.25) is 4.79 Å². The Morgan fingerprint density at radius 2 is 1.96 bits per heavy atom. The van der Waals surface area contributed by atoms with E-state index in [1.807, 2.05) is 27.7 Å². The molecule has 3 bridgehead atoms. The average molecular weight is 667 g/mol. The lowest BCUT2D eigenvalue weighted by Crippen LogP contribution is -2.62. The van der Waals surface area contributed by atoms with Crippen LogP contribution in [0, 0.1) is 28.1 Å². The normalized spacial score (nSPS) is 38.8. The summed E-state index contributed by atoms with van der Waals surface area (Å²) in [6.07, 6.45) is 6.63. The topological polar surface area (TPSA) is 148 Å². The molecular formula is C37H46O11. The van der Waals surface area contributed by atoms with Crippen LogP contribution in [0.3, 0.4) is 0 Å². The Labute approximate surface area is 280 Å². The summed E-state index contributed by atoms with van der Waals surface area (Å²) in [6.45, 7) is 11.2. The van der Waals surface area contributed by atoms with Gasteiger partial charge in [0, 0.05) is 45.8 Å². The lowest BCUT2D eigenvalue weighted by atomic mass is 9.51. The Morgan fingerprint density at radius 1 is 1.21 bits per heavy atom. The fourth-order valence-corrected chi connectivity index (χ4v) is 9.61. The number of unbranched alkanes of at least 4 members (excludes halogenated alkanes) is 1. The first kappa shape index (κ1) is 34.2. The molecule has 0 unspecified atom stereocenters. The third kappa shape index (κ3) is 4.90. The van der Waals surface area contributed by atoms with E-state index in [1.165, 1.54) is 19.4 Å². The maximum absolute atomic E-state index is 13.6. The summed E-state index contributed by atoms with van der Waals surface area (Å²) in [5.74, 6) is -5.71. The van der Waals surface area contributed by atoms with Gasteiger partial charge in [-0.15, -0.1) is 0 Å². The molecule has 4 heterocycles. The molecule has 1 N–H and O–H groups in total. The molecule has 260 valence electrons. The van der Waals surface area contributed by atoms with Gasteiger partial charge in [-0.05, 0) is 68.7 Å². The lowest BCUT2D eigenvalue weighted by molar-refractivity contribution is -0.305. The quantitative estimate of drug-likeness (QED) is 0.204. The van der Waals surface area contributed by atoms with Gasteiger partial charge in [-0.25, -0.2) is 14.4 Å². The highest BCUT2D eigenvalue weighted by Crippen LogP contribution is 2.73. The number of fused-ring (bicyclic) bond motifs is 6. The third-order valence-corrected chi connectivity index (χ3v) is 12.0. The highest BCUT2D eigenvalue weighted by molar-refractivity contribution is 5.88. The van der Waals surface area contributed by atoms with Crippen LogP contribution in [-0.2, 0) is 42.9 Å².